The maximum atomic E-state index is 13.1. The summed E-state index contributed by atoms with van der Waals surface area (Å²) in [5.41, 5.74) is 0.893. The van der Waals surface area contributed by atoms with Crippen molar-refractivity contribution in [1.29, 1.82) is 0 Å². The van der Waals surface area contributed by atoms with Gasteiger partial charge in [-0.3, -0.25) is 19.7 Å². The number of nitrogens with zero attached hydrogens (tertiary/aromatic N) is 1. The van der Waals surface area contributed by atoms with Crippen LogP contribution in [0.1, 0.15) is 5.56 Å². The number of methoxy groups -OCH3 is 2. The van der Waals surface area contributed by atoms with Crippen LogP contribution >= 0.6 is 11.6 Å². The van der Waals surface area contributed by atoms with Gasteiger partial charge in [0.1, 0.15) is 11.3 Å². The second-order valence-corrected chi connectivity index (χ2v) is 8.29. The number of rotatable bonds is 8. The monoisotopic (exact) mass is 535 g/mol. The number of imide groups is 2. The summed E-state index contributed by atoms with van der Waals surface area (Å²) in [6, 6.07) is 16.8. The maximum Gasteiger partial charge on any atom is 0.335 e. The molecule has 4 rings (SSSR count). The summed E-state index contributed by atoms with van der Waals surface area (Å²) in [6.45, 7) is -0.318. The van der Waals surface area contributed by atoms with Crippen LogP contribution in [-0.2, 0) is 14.4 Å². The molecular formula is C27H22ClN3O7. The minimum atomic E-state index is -0.862. The molecule has 1 heterocycles. The Labute approximate surface area is 222 Å². The molecule has 0 radical (unpaired) electrons. The highest BCUT2D eigenvalue weighted by Gasteiger charge is 2.36. The molecular weight excluding hydrogens is 514 g/mol. The molecule has 3 aromatic carbocycles. The van der Waals surface area contributed by atoms with Crippen LogP contribution in [0.25, 0.3) is 6.08 Å². The molecule has 5 amide bonds. The number of anilines is 2. The Morgan fingerprint density at radius 3 is 2.39 bits per heavy atom. The zero-order chi connectivity index (χ0) is 27.2. The summed E-state index contributed by atoms with van der Waals surface area (Å²) in [6.07, 6.45) is 1.33. The van der Waals surface area contributed by atoms with Crippen LogP contribution in [0.2, 0.25) is 5.02 Å². The van der Waals surface area contributed by atoms with E-state index in [1.54, 1.807) is 42.5 Å². The summed E-state index contributed by atoms with van der Waals surface area (Å²) in [5.74, 6) is -0.991. The standard InChI is InChI=1S/C27H22ClN3O7/c1-36-18-10-8-17(9-11-18)31-26(34)19(25(33)30-27(31)35)13-16-7-12-22(23(14-16)37-2)38-15-24(32)29-21-6-4-3-5-20(21)28/h3-14H,15H2,1-2H3,(H,29,32)(H,30,33,35)/b19-13+. The van der Waals surface area contributed by atoms with Gasteiger partial charge in [0.05, 0.1) is 30.6 Å². The van der Waals surface area contributed by atoms with Gasteiger partial charge < -0.3 is 19.5 Å². The topological polar surface area (TPSA) is 123 Å². The zero-order valence-electron chi connectivity index (χ0n) is 20.3. The fourth-order valence-electron chi connectivity index (χ4n) is 3.58. The molecule has 194 valence electrons. The summed E-state index contributed by atoms with van der Waals surface area (Å²) < 4.78 is 16.0. The first-order valence-electron chi connectivity index (χ1n) is 11.2. The number of hydrogen-bond donors (Lipinski definition) is 2. The number of halogens is 1. The predicted octanol–water partition coefficient (Wildman–Crippen LogP) is 4.04. The third-order valence-corrected chi connectivity index (χ3v) is 5.77. The first kappa shape index (κ1) is 26.2. The minimum absolute atomic E-state index is 0.254. The van der Waals surface area contributed by atoms with E-state index in [1.807, 2.05) is 0 Å². The average Bonchev–Trinajstić information content (AvgIpc) is 2.91. The van der Waals surface area contributed by atoms with E-state index < -0.39 is 23.8 Å². The average molecular weight is 536 g/mol. The van der Waals surface area contributed by atoms with Gasteiger partial charge in [-0.25, -0.2) is 9.69 Å². The van der Waals surface area contributed by atoms with Crippen molar-refractivity contribution in [2.45, 2.75) is 0 Å². The second kappa shape index (κ2) is 11.5. The molecule has 0 atom stereocenters. The summed E-state index contributed by atoms with van der Waals surface area (Å²) in [4.78, 5) is 51.2. The number of amides is 5. The molecule has 38 heavy (non-hydrogen) atoms. The lowest BCUT2D eigenvalue weighted by Crippen LogP contribution is -2.54. The predicted molar refractivity (Wildman–Crippen MR) is 141 cm³/mol. The highest BCUT2D eigenvalue weighted by Crippen LogP contribution is 2.30. The molecule has 1 aliphatic rings. The molecule has 1 saturated heterocycles. The SMILES string of the molecule is COc1ccc(N2C(=O)NC(=O)/C(=C\c3ccc(OCC(=O)Nc4ccccc4Cl)c(OC)c3)C2=O)cc1. The van der Waals surface area contributed by atoms with Gasteiger partial charge in [0.25, 0.3) is 17.7 Å². The zero-order valence-corrected chi connectivity index (χ0v) is 21.1. The van der Waals surface area contributed by atoms with Crippen molar-refractivity contribution < 1.29 is 33.4 Å². The number of hydrogen-bond acceptors (Lipinski definition) is 7. The van der Waals surface area contributed by atoms with E-state index in [1.165, 1.54) is 44.6 Å². The van der Waals surface area contributed by atoms with Gasteiger partial charge in [-0.05, 0) is 60.2 Å². The van der Waals surface area contributed by atoms with E-state index in [4.69, 9.17) is 25.8 Å². The molecule has 1 aliphatic heterocycles. The largest absolute Gasteiger partial charge is 0.497 e. The van der Waals surface area contributed by atoms with Gasteiger partial charge in [0.15, 0.2) is 18.1 Å². The lowest BCUT2D eigenvalue weighted by atomic mass is 10.1. The molecule has 11 heteroatoms. The van der Waals surface area contributed by atoms with Gasteiger partial charge in [-0.2, -0.15) is 0 Å². The Hall–Kier alpha value is -4.83. The Morgan fingerprint density at radius 2 is 1.71 bits per heavy atom. The molecule has 0 spiro atoms. The van der Waals surface area contributed by atoms with Crippen molar-refractivity contribution in [1.82, 2.24) is 5.32 Å². The highest BCUT2D eigenvalue weighted by atomic mass is 35.5. The van der Waals surface area contributed by atoms with Crippen LogP contribution in [-0.4, -0.2) is 44.6 Å². The summed E-state index contributed by atoms with van der Waals surface area (Å²) >= 11 is 6.06. The third-order valence-electron chi connectivity index (χ3n) is 5.44. The Bertz CT molecular complexity index is 1440. The smallest absolute Gasteiger partial charge is 0.335 e. The second-order valence-electron chi connectivity index (χ2n) is 7.88. The van der Waals surface area contributed by atoms with Gasteiger partial charge in [0.2, 0.25) is 0 Å². The number of para-hydroxylation sites is 1. The van der Waals surface area contributed by atoms with Crippen molar-refractivity contribution in [3.8, 4) is 17.2 Å². The number of ether oxygens (including phenoxy) is 3. The Kier molecular flexibility index (Phi) is 7.93. The number of urea groups is 1. The van der Waals surface area contributed by atoms with E-state index in [0.717, 1.165) is 4.90 Å². The molecule has 0 unspecified atom stereocenters. The van der Waals surface area contributed by atoms with Crippen molar-refractivity contribution >= 4 is 52.8 Å². The van der Waals surface area contributed by atoms with E-state index in [2.05, 4.69) is 10.6 Å². The van der Waals surface area contributed by atoms with Crippen LogP contribution in [0.3, 0.4) is 0 Å². The van der Waals surface area contributed by atoms with Gasteiger partial charge >= 0.3 is 6.03 Å². The Morgan fingerprint density at radius 1 is 0.974 bits per heavy atom. The first-order valence-corrected chi connectivity index (χ1v) is 11.6. The highest BCUT2D eigenvalue weighted by molar-refractivity contribution is 6.39. The maximum absolute atomic E-state index is 13.1. The fraction of sp³-hybridized carbons (Fsp3) is 0.111. The number of barbiturate groups is 1. The van der Waals surface area contributed by atoms with Gasteiger partial charge in [-0.1, -0.05) is 29.8 Å². The van der Waals surface area contributed by atoms with E-state index in [-0.39, 0.29) is 29.4 Å². The van der Waals surface area contributed by atoms with Crippen LogP contribution in [0.15, 0.2) is 72.3 Å². The lowest BCUT2D eigenvalue weighted by Gasteiger charge is -2.26. The molecule has 2 N–H and O–H groups in total. The summed E-state index contributed by atoms with van der Waals surface area (Å²) in [5, 5.41) is 5.22. The quantitative estimate of drug-likeness (QED) is 0.329. The summed E-state index contributed by atoms with van der Waals surface area (Å²) in [7, 11) is 2.90. The molecule has 0 bridgehead atoms. The van der Waals surface area contributed by atoms with Crippen molar-refractivity contribution in [3.05, 3.63) is 82.9 Å². The molecule has 1 fully saturated rings. The number of benzene rings is 3. The minimum Gasteiger partial charge on any atom is -0.497 e. The van der Waals surface area contributed by atoms with Crippen LogP contribution < -0.4 is 29.7 Å². The molecule has 0 saturated carbocycles. The fourth-order valence-corrected chi connectivity index (χ4v) is 3.76. The van der Waals surface area contributed by atoms with Crippen LogP contribution in [0.4, 0.5) is 16.2 Å². The lowest BCUT2D eigenvalue weighted by molar-refractivity contribution is -0.122. The van der Waals surface area contributed by atoms with Crippen molar-refractivity contribution in [3.63, 3.8) is 0 Å². The number of nitrogens with one attached hydrogen (secondary N) is 2. The first-order chi connectivity index (χ1) is 18.3. The van der Waals surface area contributed by atoms with Crippen LogP contribution in [0, 0.1) is 0 Å². The number of carbonyl (C=O) groups is 4. The normalized spacial score (nSPS) is 14.2. The van der Waals surface area contributed by atoms with Crippen molar-refractivity contribution in [2.24, 2.45) is 0 Å². The van der Waals surface area contributed by atoms with E-state index in [9.17, 15) is 19.2 Å². The molecule has 10 nitrogen and oxygen atoms in total. The van der Waals surface area contributed by atoms with Crippen molar-refractivity contribution in [2.75, 3.05) is 31.0 Å². The van der Waals surface area contributed by atoms with E-state index in [0.29, 0.717) is 22.0 Å². The molecule has 0 aromatic heterocycles. The van der Waals surface area contributed by atoms with E-state index >= 15 is 0 Å². The third kappa shape index (κ3) is 5.76. The van der Waals surface area contributed by atoms with Gasteiger partial charge in [0, 0.05) is 0 Å². The van der Waals surface area contributed by atoms with Crippen LogP contribution in [0.5, 0.6) is 17.2 Å². The van der Waals surface area contributed by atoms with Gasteiger partial charge in [-0.15, -0.1) is 0 Å². The molecule has 3 aromatic rings. The molecule has 0 aliphatic carbocycles. The number of carbonyl (C=O) groups excluding carboxylic acids is 4. The Balaban J connectivity index is 1.51.